The Labute approximate surface area is 98.9 Å². The van der Waals surface area contributed by atoms with Crippen LogP contribution in [-0.2, 0) is 0 Å². The van der Waals surface area contributed by atoms with Crippen LogP contribution >= 0.6 is 23.5 Å². The Bertz CT molecular complexity index is 371. The third kappa shape index (κ3) is 4.67. The Morgan fingerprint density at radius 1 is 1.40 bits per heavy atom. The summed E-state index contributed by atoms with van der Waals surface area (Å²) < 4.78 is 17.4. The van der Waals surface area contributed by atoms with Crippen LogP contribution in [-0.4, -0.2) is 11.0 Å². The lowest BCUT2D eigenvalue weighted by Crippen LogP contribution is -2.05. The molecule has 0 aromatic heterocycles. The second-order valence-corrected chi connectivity index (χ2v) is 6.16. The van der Waals surface area contributed by atoms with Crippen molar-refractivity contribution >= 4 is 29.8 Å². The van der Waals surface area contributed by atoms with Crippen molar-refractivity contribution < 1.29 is 4.39 Å². The van der Waals surface area contributed by atoms with Gasteiger partial charge in [0.15, 0.2) is 0 Å². The van der Waals surface area contributed by atoms with Gasteiger partial charge < -0.3 is 0 Å². The van der Waals surface area contributed by atoms with Crippen LogP contribution in [0.4, 0.5) is 4.39 Å². The van der Waals surface area contributed by atoms with Crippen LogP contribution in [0.25, 0.3) is 0 Å². The smallest absolute Gasteiger partial charge is 0.133 e. The highest BCUT2D eigenvalue weighted by Crippen LogP contribution is 2.24. The number of hydrogen-bond donors (Lipinski definition) is 0. The minimum absolute atomic E-state index is 0.0411. The quantitative estimate of drug-likeness (QED) is 0.558. The van der Waals surface area contributed by atoms with Gasteiger partial charge in [0.2, 0.25) is 0 Å². The third-order valence-electron chi connectivity index (χ3n) is 1.48. The van der Waals surface area contributed by atoms with Gasteiger partial charge in [0, 0.05) is 21.5 Å². The van der Waals surface area contributed by atoms with Crippen LogP contribution in [0, 0.1) is 5.82 Å². The number of hydrogen-bond acceptors (Lipinski definition) is 2. The summed E-state index contributed by atoms with van der Waals surface area (Å²) >= 11 is 7.04. The first-order valence-electron chi connectivity index (χ1n) is 4.55. The van der Waals surface area contributed by atoms with Gasteiger partial charge in [0.1, 0.15) is 5.82 Å². The molecule has 0 fully saturated rings. The molecule has 0 aliphatic carbocycles. The van der Waals surface area contributed by atoms with E-state index in [9.17, 15) is 4.39 Å². The fraction of sp³-hybridized carbons (Fsp3) is 0.364. The molecule has 0 N–H and O–H groups in total. The molecule has 1 rings (SSSR count). The molecule has 0 amide bonds. The molecule has 82 valence electrons. The third-order valence-corrected chi connectivity index (χ3v) is 2.47. The van der Waals surface area contributed by atoms with Crippen LogP contribution in [0.1, 0.15) is 26.3 Å². The molecule has 0 bridgehead atoms. The van der Waals surface area contributed by atoms with Gasteiger partial charge in [-0.05, 0) is 50.9 Å². The van der Waals surface area contributed by atoms with E-state index in [1.54, 1.807) is 12.1 Å². The van der Waals surface area contributed by atoms with E-state index in [2.05, 4.69) is 4.40 Å². The SMILES string of the molecule is CC(C)(C)S/N=C/c1ccc(Cl)cc1F. The molecule has 0 spiro atoms. The predicted molar refractivity (Wildman–Crippen MR) is 66.3 cm³/mol. The normalized spacial score (nSPS) is 12.3. The molecule has 0 unspecified atom stereocenters. The second-order valence-electron chi connectivity index (χ2n) is 4.10. The van der Waals surface area contributed by atoms with Crippen LogP contribution in [0.5, 0.6) is 0 Å². The fourth-order valence-electron chi connectivity index (χ4n) is 0.847. The van der Waals surface area contributed by atoms with Crippen molar-refractivity contribution in [2.45, 2.75) is 25.5 Å². The molecule has 0 atom stereocenters. The number of rotatable bonds is 2. The first-order valence-corrected chi connectivity index (χ1v) is 5.70. The van der Waals surface area contributed by atoms with Gasteiger partial charge in [-0.3, -0.25) is 0 Å². The van der Waals surface area contributed by atoms with Crippen molar-refractivity contribution in [1.82, 2.24) is 0 Å². The van der Waals surface area contributed by atoms with Gasteiger partial charge >= 0.3 is 0 Å². The van der Waals surface area contributed by atoms with Gasteiger partial charge in [0.25, 0.3) is 0 Å². The summed E-state index contributed by atoms with van der Waals surface area (Å²) in [5.41, 5.74) is 0.455. The molecule has 4 heteroatoms. The van der Waals surface area contributed by atoms with E-state index >= 15 is 0 Å². The van der Waals surface area contributed by atoms with Gasteiger partial charge in [-0.25, -0.2) is 8.79 Å². The topological polar surface area (TPSA) is 12.4 Å². The van der Waals surface area contributed by atoms with Crippen molar-refractivity contribution in [3.63, 3.8) is 0 Å². The summed E-state index contributed by atoms with van der Waals surface area (Å²) in [6, 6.07) is 4.54. The highest BCUT2D eigenvalue weighted by molar-refractivity contribution is 7.99. The van der Waals surface area contributed by atoms with E-state index < -0.39 is 0 Å². The largest absolute Gasteiger partial charge is 0.223 e. The van der Waals surface area contributed by atoms with Crippen LogP contribution in [0.15, 0.2) is 22.6 Å². The van der Waals surface area contributed by atoms with Gasteiger partial charge in [-0.2, -0.15) is 0 Å². The maximum atomic E-state index is 13.3. The summed E-state index contributed by atoms with van der Waals surface area (Å²) in [5, 5.41) is 0.396. The minimum Gasteiger partial charge on any atom is -0.223 e. The zero-order valence-corrected chi connectivity index (χ0v) is 10.5. The van der Waals surface area contributed by atoms with E-state index in [1.807, 2.05) is 20.8 Å². The molecule has 15 heavy (non-hydrogen) atoms. The summed E-state index contributed by atoms with van der Waals surface area (Å²) in [7, 11) is 0. The Hall–Kier alpha value is -0.540. The number of halogens is 2. The monoisotopic (exact) mass is 245 g/mol. The van der Waals surface area contributed by atoms with Crippen molar-refractivity contribution in [2.75, 3.05) is 0 Å². The van der Waals surface area contributed by atoms with E-state index in [1.165, 1.54) is 24.2 Å². The average Bonchev–Trinajstić information content (AvgIpc) is 2.07. The Morgan fingerprint density at radius 2 is 2.07 bits per heavy atom. The molecule has 0 heterocycles. The summed E-state index contributed by atoms with van der Waals surface area (Å²) in [4.78, 5) is 0. The predicted octanol–water partition coefficient (Wildman–Crippen LogP) is 4.34. The van der Waals surface area contributed by atoms with E-state index in [0.29, 0.717) is 10.6 Å². The maximum Gasteiger partial charge on any atom is 0.133 e. The zero-order chi connectivity index (χ0) is 11.5. The molecular weight excluding hydrogens is 233 g/mol. The van der Waals surface area contributed by atoms with Crippen LogP contribution in [0.2, 0.25) is 5.02 Å². The average molecular weight is 246 g/mol. The summed E-state index contributed by atoms with van der Waals surface area (Å²) in [6.45, 7) is 6.15. The standard InChI is InChI=1S/C11H13ClFNS/c1-11(2,3)15-14-7-8-4-5-9(12)6-10(8)13/h4-7H,1-3H3/b14-7+. The molecular formula is C11H13ClFNS. The van der Waals surface area contributed by atoms with E-state index in [-0.39, 0.29) is 10.6 Å². The van der Waals surface area contributed by atoms with Crippen molar-refractivity contribution in [1.29, 1.82) is 0 Å². The molecule has 0 saturated heterocycles. The Morgan fingerprint density at radius 3 is 2.60 bits per heavy atom. The molecule has 1 aromatic rings. The van der Waals surface area contributed by atoms with Crippen LogP contribution < -0.4 is 0 Å². The first-order chi connectivity index (χ1) is 6.88. The lowest BCUT2D eigenvalue weighted by Gasteiger charge is -2.12. The number of nitrogens with zero attached hydrogens (tertiary/aromatic N) is 1. The van der Waals surface area contributed by atoms with Crippen molar-refractivity contribution in [2.24, 2.45) is 4.40 Å². The fourth-order valence-corrected chi connectivity index (χ4v) is 1.49. The molecule has 0 saturated carbocycles. The minimum atomic E-state index is -0.347. The first kappa shape index (κ1) is 12.5. The molecule has 0 aliphatic heterocycles. The highest BCUT2D eigenvalue weighted by Gasteiger charge is 2.09. The van der Waals surface area contributed by atoms with E-state index in [4.69, 9.17) is 11.6 Å². The second kappa shape index (κ2) is 4.99. The zero-order valence-electron chi connectivity index (χ0n) is 8.92. The molecule has 0 radical (unpaired) electrons. The lowest BCUT2D eigenvalue weighted by atomic mass is 10.2. The van der Waals surface area contributed by atoms with Crippen LogP contribution in [0.3, 0.4) is 0 Å². The van der Waals surface area contributed by atoms with Crippen molar-refractivity contribution in [3.8, 4) is 0 Å². The van der Waals surface area contributed by atoms with Crippen molar-refractivity contribution in [3.05, 3.63) is 34.6 Å². The maximum absolute atomic E-state index is 13.3. The van der Waals surface area contributed by atoms with Gasteiger partial charge in [-0.1, -0.05) is 11.6 Å². The highest BCUT2D eigenvalue weighted by atomic mass is 35.5. The lowest BCUT2D eigenvalue weighted by molar-refractivity contribution is 0.626. The van der Waals surface area contributed by atoms with Gasteiger partial charge in [0.05, 0.1) is 0 Å². The number of benzene rings is 1. The summed E-state index contributed by atoms with van der Waals surface area (Å²) in [5.74, 6) is -0.347. The molecule has 1 aromatic carbocycles. The van der Waals surface area contributed by atoms with Gasteiger partial charge in [-0.15, -0.1) is 0 Å². The Kier molecular flexibility index (Phi) is 4.17. The Balaban J connectivity index is 2.73. The summed E-state index contributed by atoms with van der Waals surface area (Å²) in [6.07, 6.45) is 1.52. The molecule has 0 aliphatic rings. The van der Waals surface area contributed by atoms with E-state index in [0.717, 1.165) is 0 Å². The molecule has 1 nitrogen and oxygen atoms in total.